The van der Waals surface area contributed by atoms with Crippen molar-refractivity contribution in [2.24, 2.45) is 0 Å². The first-order valence-corrected chi connectivity index (χ1v) is 14.9. The summed E-state index contributed by atoms with van der Waals surface area (Å²) in [6.45, 7) is 3.35. The quantitative estimate of drug-likeness (QED) is 0.397. The van der Waals surface area contributed by atoms with Crippen molar-refractivity contribution in [1.82, 2.24) is 18.8 Å². The summed E-state index contributed by atoms with van der Waals surface area (Å²) in [6.07, 6.45) is 5.49. The van der Waals surface area contributed by atoms with E-state index in [9.17, 15) is 13.2 Å². The lowest BCUT2D eigenvalue weighted by Crippen LogP contribution is -2.52. The van der Waals surface area contributed by atoms with Crippen LogP contribution in [0.4, 0.5) is 11.4 Å². The molecule has 2 fully saturated rings. The highest BCUT2D eigenvalue weighted by atomic mass is 35.5. The molecule has 0 bridgehead atoms. The second-order valence-corrected chi connectivity index (χ2v) is 12.2. The normalized spacial score (nSPS) is 17.0. The maximum atomic E-state index is 13.6. The molecular weight excluding hydrogens is 540 g/mol. The maximum Gasteiger partial charge on any atom is 0.316 e. The third kappa shape index (κ3) is 6.22. The number of piperazine rings is 1. The zero-order chi connectivity index (χ0) is 27.6. The van der Waals surface area contributed by atoms with Gasteiger partial charge in [0.1, 0.15) is 5.69 Å². The Hall–Kier alpha value is -3.12. The summed E-state index contributed by atoms with van der Waals surface area (Å²) in [5.74, 6) is 0.239. The van der Waals surface area contributed by atoms with Gasteiger partial charge in [-0.1, -0.05) is 29.8 Å². The van der Waals surface area contributed by atoms with Crippen molar-refractivity contribution in [3.63, 3.8) is 0 Å². The largest absolute Gasteiger partial charge is 0.483 e. The van der Waals surface area contributed by atoms with Crippen LogP contribution >= 0.6 is 11.6 Å². The Morgan fingerprint density at radius 2 is 1.85 bits per heavy atom. The van der Waals surface area contributed by atoms with Gasteiger partial charge in [0, 0.05) is 43.4 Å². The van der Waals surface area contributed by atoms with Gasteiger partial charge >= 0.3 is 5.56 Å². The first-order chi connectivity index (χ1) is 18.7. The van der Waals surface area contributed by atoms with Crippen LogP contribution in [0.1, 0.15) is 36.8 Å². The lowest BCUT2D eigenvalue weighted by Gasteiger charge is -2.35. The van der Waals surface area contributed by atoms with Gasteiger partial charge in [-0.05, 0) is 68.0 Å². The van der Waals surface area contributed by atoms with Gasteiger partial charge in [0.15, 0.2) is 0 Å². The van der Waals surface area contributed by atoms with Crippen LogP contribution in [0, 0.1) is 6.92 Å². The minimum absolute atomic E-state index is 0.0339. The Balaban J connectivity index is 1.32. The SMILES string of the molecule is Cc1ccc(CNS(=O)(=O)N2CCN(c3cnn(-c4cccc(Cl)c4)c(=O)c3OC3CCCC3)CC2)cc1N. The molecule has 1 aliphatic carbocycles. The van der Waals surface area contributed by atoms with Gasteiger partial charge in [-0.15, -0.1) is 0 Å². The number of nitrogen functional groups attached to an aromatic ring is 1. The van der Waals surface area contributed by atoms with E-state index in [0.29, 0.717) is 35.2 Å². The fourth-order valence-electron chi connectivity index (χ4n) is 4.97. The number of nitrogens with zero attached hydrogens (tertiary/aromatic N) is 4. The molecule has 10 nitrogen and oxygen atoms in total. The molecule has 1 saturated carbocycles. The van der Waals surface area contributed by atoms with E-state index in [1.165, 1.54) is 8.99 Å². The molecule has 12 heteroatoms. The van der Waals surface area contributed by atoms with E-state index in [-0.39, 0.29) is 37.0 Å². The summed E-state index contributed by atoms with van der Waals surface area (Å²) < 4.78 is 37.7. The number of benzene rings is 2. The summed E-state index contributed by atoms with van der Waals surface area (Å²) in [5, 5.41) is 4.91. The van der Waals surface area contributed by atoms with E-state index < -0.39 is 10.2 Å². The Morgan fingerprint density at radius 3 is 2.54 bits per heavy atom. The van der Waals surface area contributed by atoms with Crippen LogP contribution in [0.25, 0.3) is 5.69 Å². The second kappa shape index (κ2) is 11.5. The Kier molecular flexibility index (Phi) is 8.13. The molecule has 3 aromatic rings. The molecule has 0 unspecified atom stereocenters. The minimum atomic E-state index is -3.70. The molecule has 1 aliphatic heterocycles. The van der Waals surface area contributed by atoms with Crippen LogP contribution in [0.2, 0.25) is 5.02 Å². The molecule has 208 valence electrons. The van der Waals surface area contributed by atoms with Crippen molar-refractivity contribution < 1.29 is 13.2 Å². The fraction of sp³-hybridized carbons (Fsp3) is 0.407. The molecule has 3 N–H and O–H groups in total. The third-order valence-corrected chi connectivity index (χ3v) is 9.07. The first kappa shape index (κ1) is 27.4. The van der Waals surface area contributed by atoms with Gasteiger partial charge in [0.25, 0.3) is 10.2 Å². The number of rotatable bonds is 8. The van der Waals surface area contributed by atoms with E-state index in [4.69, 9.17) is 22.1 Å². The first-order valence-electron chi connectivity index (χ1n) is 13.1. The number of nitrogens with two attached hydrogens (primary N) is 1. The topological polar surface area (TPSA) is 123 Å². The van der Waals surface area contributed by atoms with Crippen molar-refractivity contribution in [3.05, 3.63) is 75.2 Å². The lowest BCUT2D eigenvalue weighted by atomic mass is 10.1. The molecule has 0 atom stereocenters. The van der Waals surface area contributed by atoms with Gasteiger partial charge in [-0.3, -0.25) is 4.79 Å². The maximum absolute atomic E-state index is 13.6. The molecule has 39 heavy (non-hydrogen) atoms. The molecule has 0 amide bonds. The number of hydrogen-bond acceptors (Lipinski definition) is 7. The van der Waals surface area contributed by atoms with Gasteiger partial charge in [0.2, 0.25) is 5.75 Å². The summed E-state index contributed by atoms with van der Waals surface area (Å²) in [5.41, 5.74) is 9.08. The van der Waals surface area contributed by atoms with Crippen LogP contribution in [-0.4, -0.2) is 54.8 Å². The summed E-state index contributed by atoms with van der Waals surface area (Å²) in [6, 6.07) is 12.4. The molecule has 2 heterocycles. The van der Waals surface area contributed by atoms with Crippen molar-refractivity contribution in [1.29, 1.82) is 0 Å². The van der Waals surface area contributed by atoms with Crippen LogP contribution in [0.3, 0.4) is 0 Å². The molecule has 0 spiro atoms. The predicted molar refractivity (Wildman–Crippen MR) is 153 cm³/mol. The fourth-order valence-corrected chi connectivity index (χ4v) is 6.33. The standard InChI is InChI=1S/C27H33ClN6O4S/c1-19-9-10-20(15-24(19)29)17-31-39(36,37)33-13-11-32(12-14-33)25-18-30-34(22-6-4-5-21(28)16-22)27(35)26(25)38-23-7-2-3-8-23/h4-6,9-10,15-16,18,23,31H,2-3,7-8,11-14,17,29H2,1H3. The summed E-state index contributed by atoms with van der Waals surface area (Å²) >= 11 is 6.15. The Bertz CT molecular complexity index is 1500. The predicted octanol–water partition coefficient (Wildman–Crippen LogP) is 3.25. The van der Waals surface area contributed by atoms with E-state index in [0.717, 1.165) is 36.8 Å². The van der Waals surface area contributed by atoms with E-state index in [1.54, 1.807) is 36.5 Å². The lowest BCUT2D eigenvalue weighted by molar-refractivity contribution is 0.205. The third-order valence-electron chi connectivity index (χ3n) is 7.28. The van der Waals surface area contributed by atoms with Gasteiger partial charge in [-0.25, -0.2) is 0 Å². The highest BCUT2D eigenvalue weighted by molar-refractivity contribution is 7.87. The number of aryl methyl sites for hydroxylation is 1. The van der Waals surface area contributed by atoms with Crippen LogP contribution < -0.4 is 25.7 Å². The highest BCUT2D eigenvalue weighted by Crippen LogP contribution is 2.30. The molecular formula is C27H33ClN6O4S. The smallest absolute Gasteiger partial charge is 0.316 e. The molecule has 1 saturated heterocycles. The average molecular weight is 573 g/mol. The molecule has 1 aromatic heterocycles. The molecule has 2 aliphatic rings. The number of nitrogens with one attached hydrogen (secondary N) is 1. The molecule has 2 aromatic carbocycles. The zero-order valence-electron chi connectivity index (χ0n) is 21.8. The van der Waals surface area contributed by atoms with E-state index >= 15 is 0 Å². The molecule has 0 radical (unpaired) electrons. The van der Waals surface area contributed by atoms with Gasteiger partial charge in [0.05, 0.1) is 18.0 Å². The number of ether oxygens (including phenoxy) is 1. The van der Waals surface area contributed by atoms with Gasteiger partial charge in [-0.2, -0.15) is 27.2 Å². The number of anilines is 2. The van der Waals surface area contributed by atoms with E-state index in [2.05, 4.69) is 9.82 Å². The number of hydrogen-bond donors (Lipinski definition) is 2. The van der Waals surface area contributed by atoms with E-state index in [1.807, 2.05) is 24.0 Å². The number of aromatic nitrogens is 2. The van der Waals surface area contributed by atoms with Crippen molar-refractivity contribution in [2.45, 2.75) is 45.3 Å². The highest BCUT2D eigenvalue weighted by Gasteiger charge is 2.30. The number of halogens is 1. The van der Waals surface area contributed by atoms with Gasteiger partial charge < -0.3 is 15.4 Å². The zero-order valence-corrected chi connectivity index (χ0v) is 23.4. The molecule has 5 rings (SSSR count). The van der Waals surface area contributed by atoms with Crippen LogP contribution in [0.15, 0.2) is 53.5 Å². The summed E-state index contributed by atoms with van der Waals surface area (Å²) in [7, 11) is -3.70. The van der Waals surface area contributed by atoms with Crippen LogP contribution in [-0.2, 0) is 16.8 Å². The van der Waals surface area contributed by atoms with Crippen LogP contribution in [0.5, 0.6) is 5.75 Å². The van der Waals surface area contributed by atoms with Crippen molar-refractivity contribution in [2.75, 3.05) is 36.8 Å². The Labute approximate surface area is 233 Å². The van der Waals surface area contributed by atoms with Crippen molar-refractivity contribution in [3.8, 4) is 11.4 Å². The Morgan fingerprint density at radius 1 is 1.10 bits per heavy atom. The van der Waals surface area contributed by atoms with Crippen molar-refractivity contribution >= 4 is 33.2 Å². The second-order valence-electron chi connectivity index (χ2n) is 9.98. The average Bonchev–Trinajstić information content (AvgIpc) is 3.44. The minimum Gasteiger partial charge on any atom is -0.483 e. The summed E-state index contributed by atoms with van der Waals surface area (Å²) in [4.78, 5) is 15.6. The monoisotopic (exact) mass is 572 g/mol.